The molecule has 1 aliphatic carbocycles. The van der Waals surface area contributed by atoms with Gasteiger partial charge in [-0.1, -0.05) is 31.0 Å². The first kappa shape index (κ1) is 26.1. The maximum absolute atomic E-state index is 13.1. The fourth-order valence-corrected chi connectivity index (χ4v) is 6.76. The average molecular weight is 531 g/mol. The summed E-state index contributed by atoms with van der Waals surface area (Å²) in [5.41, 5.74) is 2.59. The molecule has 37 heavy (non-hydrogen) atoms. The molecule has 0 radical (unpaired) electrons. The van der Waals surface area contributed by atoms with E-state index in [4.69, 9.17) is 0 Å². The maximum Gasteiger partial charge on any atom is 0.405 e. The predicted molar refractivity (Wildman–Crippen MR) is 141 cm³/mol. The van der Waals surface area contributed by atoms with Gasteiger partial charge in [0, 0.05) is 48.6 Å². The highest BCUT2D eigenvalue weighted by atomic mass is 32.1. The number of hydrogen-bond acceptors (Lipinski definition) is 6. The fourth-order valence-electron chi connectivity index (χ4n) is 5.74. The number of anilines is 1. The summed E-state index contributed by atoms with van der Waals surface area (Å²) in [5.74, 6) is 1.32. The van der Waals surface area contributed by atoms with Crippen molar-refractivity contribution in [2.75, 3.05) is 31.6 Å². The first-order valence-corrected chi connectivity index (χ1v) is 13.9. The van der Waals surface area contributed by atoms with Crippen LogP contribution in [0.2, 0.25) is 0 Å². The number of carbonyl (C=O) groups excluding carboxylic acids is 1. The van der Waals surface area contributed by atoms with E-state index >= 15 is 0 Å². The molecule has 0 amide bonds. The number of nitrogens with zero attached hydrogens (tertiary/aromatic N) is 4. The SMILES string of the molecule is CN(CC(F)(F)F)c1nc2c(s1)CCN(CCC1CCC(CC(=O)c3cccc4ncccc34)CC1)C2. The highest BCUT2D eigenvalue weighted by Crippen LogP contribution is 2.35. The van der Waals surface area contributed by atoms with Crippen LogP contribution in [-0.4, -0.2) is 53.5 Å². The number of ketones is 1. The van der Waals surface area contributed by atoms with Gasteiger partial charge in [0.1, 0.15) is 6.54 Å². The van der Waals surface area contributed by atoms with E-state index in [1.807, 2.05) is 30.3 Å². The van der Waals surface area contributed by atoms with Crippen LogP contribution in [0.3, 0.4) is 0 Å². The van der Waals surface area contributed by atoms with E-state index in [1.165, 1.54) is 23.3 Å². The molecule has 1 fully saturated rings. The Morgan fingerprint density at radius 1 is 1.14 bits per heavy atom. The van der Waals surface area contributed by atoms with Crippen LogP contribution < -0.4 is 4.90 Å². The molecule has 1 saturated carbocycles. The van der Waals surface area contributed by atoms with E-state index in [-0.39, 0.29) is 5.78 Å². The number of Topliss-reactive ketones (excluding diaryl/α,β-unsaturated/α-hetero) is 1. The second-order valence-electron chi connectivity index (χ2n) is 10.5. The first-order valence-electron chi connectivity index (χ1n) is 13.1. The molecule has 1 aromatic carbocycles. The van der Waals surface area contributed by atoms with Gasteiger partial charge in [-0.2, -0.15) is 13.2 Å². The number of fused-ring (bicyclic) bond motifs is 2. The third kappa shape index (κ3) is 6.49. The van der Waals surface area contributed by atoms with Crippen LogP contribution in [0, 0.1) is 11.8 Å². The molecule has 5 nitrogen and oxygen atoms in total. The predicted octanol–water partition coefficient (Wildman–Crippen LogP) is 6.52. The van der Waals surface area contributed by atoms with E-state index in [0.29, 0.717) is 23.4 Å². The van der Waals surface area contributed by atoms with Crippen LogP contribution >= 0.6 is 11.3 Å². The van der Waals surface area contributed by atoms with Crippen molar-refractivity contribution in [2.24, 2.45) is 11.8 Å². The second kappa shape index (κ2) is 11.1. The number of benzene rings is 1. The fraction of sp³-hybridized carbons (Fsp3) is 0.536. The molecule has 3 heterocycles. The molecular weight excluding hydrogens is 497 g/mol. The van der Waals surface area contributed by atoms with Crippen molar-refractivity contribution in [3.63, 3.8) is 0 Å². The Balaban J connectivity index is 1.07. The molecule has 3 aromatic rings. The van der Waals surface area contributed by atoms with E-state index in [2.05, 4.69) is 14.9 Å². The highest BCUT2D eigenvalue weighted by molar-refractivity contribution is 7.15. The summed E-state index contributed by atoms with van der Waals surface area (Å²) in [5, 5.41) is 1.39. The van der Waals surface area contributed by atoms with Crippen LogP contribution in [0.25, 0.3) is 10.9 Å². The minimum absolute atomic E-state index is 0.217. The topological polar surface area (TPSA) is 49.3 Å². The lowest BCUT2D eigenvalue weighted by molar-refractivity contribution is -0.119. The van der Waals surface area contributed by atoms with Crippen molar-refractivity contribution in [1.29, 1.82) is 0 Å². The Bertz CT molecular complexity index is 1230. The summed E-state index contributed by atoms with van der Waals surface area (Å²) in [6, 6.07) is 9.63. The molecule has 0 atom stereocenters. The minimum atomic E-state index is -4.23. The lowest BCUT2D eigenvalue weighted by Crippen LogP contribution is -2.32. The van der Waals surface area contributed by atoms with Gasteiger partial charge >= 0.3 is 6.18 Å². The number of hydrogen-bond donors (Lipinski definition) is 0. The molecule has 0 unspecified atom stereocenters. The van der Waals surface area contributed by atoms with Gasteiger partial charge < -0.3 is 4.90 Å². The van der Waals surface area contributed by atoms with E-state index in [0.717, 1.165) is 85.2 Å². The molecule has 9 heteroatoms. The van der Waals surface area contributed by atoms with Crippen molar-refractivity contribution in [3.05, 3.63) is 52.7 Å². The molecule has 0 bridgehead atoms. The van der Waals surface area contributed by atoms with Crippen molar-refractivity contribution in [2.45, 2.75) is 57.7 Å². The molecule has 1 aliphatic heterocycles. The van der Waals surface area contributed by atoms with Gasteiger partial charge in [-0.05, 0) is 56.2 Å². The Kier molecular flexibility index (Phi) is 7.81. The Hall–Kier alpha value is -2.52. The molecule has 2 aliphatic rings. The number of halogens is 3. The maximum atomic E-state index is 13.1. The van der Waals surface area contributed by atoms with Crippen molar-refractivity contribution >= 4 is 33.2 Å². The zero-order chi connectivity index (χ0) is 26.0. The lowest BCUT2D eigenvalue weighted by atomic mass is 9.78. The molecule has 2 aromatic heterocycles. The quantitative estimate of drug-likeness (QED) is 0.311. The normalized spacial score (nSPS) is 20.6. The first-order chi connectivity index (χ1) is 17.7. The smallest absolute Gasteiger partial charge is 0.342 e. The standard InChI is InChI=1S/C28H33F3N4OS/c1-34(18-28(29,30)31)27-33-24-17-35(15-12-26(24)37-27)14-11-19-7-9-20(10-8-19)16-25(36)22-4-2-6-23-21(22)5-3-13-32-23/h2-6,13,19-20H,7-12,14-18H2,1H3. The molecule has 0 saturated heterocycles. The number of thiazole rings is 1. The molecule has 0 spiro atoms. The van der Waals surface area contributed by atoms with Gasteiger partial charge in [0.05, 0.1) is 11.2 Å². The van der Waals surface area contributed by atoms with Crippen molar-refractivity contribution < 1.29 is 18.0 Å². The van der Waals surface area contributed by atoms with Gasteiger partial charge in [-0.25, -0.2) is 4.98 Å². The van der Waals surface area contributed by atoms with Crippen LogP contribution in [-0.2, 0) is 13.0 Å². The number of rotatable bonds is 8. The van der Waals surface area contributed by atoms with Gasteiger partial charge in [0.25, 0.3) is 0 Å². The van der Waals surface area contributed by atoms with Gasteiger partial charge in [-0.3, -0.25) is 14.7 Å². The summed E-state index contributed by atoms with van der Waals surface area (Å²) >= 11 is 1.39. The van der Waals surface area contributed by atoms with Crippen LogP contribution in [0.1, 0.15) is 59.5 Å². The largest absolute Gasteiger partial charge is 0.405 e. The van der Waals surface area contributed by atoms with E-state index in [9.17, 15) is 18.0 Å². The van der Waals surface area contributed by atoms with E-state index in [1.54, 1.807) is 6.20 Å². The van der Waals surface area contributed by atoms with Crippen LogP contribution in [0.5, 0.6) is 0 Å². The average Bonchev–Trinajstić information content (AvgIpc) is 3.31. The Labute approximate surface area is 219 Å². The Morgan fingerprint density at radius 2 is 1.92 bits per heavy atom. The molecule has 198 valence electrons. The van der Waals surface area contributed by atoms with Crippen LogP contribution in [0.4, 0.5) is 18.3 Å². The lowest BCUT2D eigenvalue weighted by Gasteiger charge is -2.31. The summed E-state index contributed by atoms with van der Waals surface area (Å²) in [6.07, 6.45) is 4.58. The van der Waals surface area contributed by atoms with Crippen molar-refractivity contribution in [1.82, 2.24) is 14.9 Å². The zero-order valence-electron chi connectivity index (χ0n) is 21.1. The zero-order valence-corrected chi connectivity index (χ0v) is 22.0. The number of pyridine rings is 1. The third-order valence-electron chi connectivity index (χ3n) is 7.78. The second-order valence-corrected chi connectivity index (χ2v) is 11.6. The Morgan fingerprint density at radius 3 is 2.70 bits per heavy atom. The summed E-state index contributed by atoms with van der Waals surface area (Å²) < 4.78 is 38.2. The molecular formula is C28H33F3N4OS. The third-order valence-corrected chi connectivity index (χ3v) is 9.05. The van der Waals surface area contributed by atoms with Crippen LogP contribution in [0.15, 0.2) is 36.5 Å². The monoisotopic (exact) mass is 530 g/mol. The van der Waals surface area contributed by atoms with Crippen molar-refractivity contribution in [3.8, 4) is 0 Å². The summed E-state index contributed by atoms with van der Waals surface area (Å²) in [4.78, 5) is 26.7. The van der Waals surface area contributed by atoms with Gasteiger partial charge in [0.15, 0.2) is 10.9 Å². The molecule has 5 rings (SSSR count). The van der Waals surface area contributed by atoms with E-state index < -0.39 is 12.7 Å². The highest BCUT2D eigenvalue weighted by Gasteiger charge is 2.31. The minimum Gasteiger partial charge on any atom is -0.342 e. The summed E-state index contributed by atoms with van der Waals surface area (Å²) in [7, 11) is 1.46. The number of carbonyl (C=O) groups is 1. The molecule has 0 N–H and O–H groups in total. The van der Waals surface area contributed by atoms with Gasteiger partial charge in [-0.15, -0.1) is 11.3 Å². The van der Waals surface area contributed by atoms with Gasteiger partial charge in [0.2, 0.25) is 0 Å². The number of aromatic nitrogens is 2. The number of alkyl halides is 3. The summed E-state index contributed by atoms with van der Waals surface area (Å²) in [6.45, 7) is 1.66.